The van der Waals surface area contributed by atoms with E-state index in [4.69, 9.17) is 0 Å². The first kappa shape index (κ1) is 13.6. The van der Waals surface area contributed by atoms with Crippen molar-refractivity contribution in [2.75, 3.05) is 0 Å². The van der Waals surface area contributed by atoms with Crippen molar-refractivity contribution in [2.24, 2.45) is 0 Å². The van der Waals surface area contributed by atoms with Gasteiger partial charge in [-0.1, -0.05) is 18.9 Å². The Hall–Kier alpha value is -0.870. The van der Waals surface area contributed by atoms with Gasteiger partial charge in [0.05, 0.1) is 6.04 Å². The number of rotatable bonds is 5. The fourth-order valence-corrected chi connectivity index (χ4v) is 3.21. The molecular weight excluding hydrogens is 244 g/mol. The topological polar surface area (TPSA) is 41.1 Å². The molecule has 1 aromatic rings. The summed E-state index contributed by atoms with van der Waals surface area (Å²) in [5.41, 5.74) is 0. The summed E-state index contributed by atoms with van der Waals surface area (Å²) in [7, 11) is 0. The van der Waals surface area contributed by atoms with Crippen LogP contribution in [0.5, 0.6) is 0 Å². The predicted molar refractivity (Wildman–Crippen MR) is 75.7 cm³/mol. The van der Waals surface area contributed by atoms with Gasteiger partial charge in [0.2, 0.25) is 5.91 Å². The molecule has 2 atom stereocenters. The molecule has 1 aliphatic carbocycles. The van der Waals surface area contributed by atoms with Crippen LogP contribution in [0.1, 0.15) is 50.4 Å². The van der Waals surface area contributed by atoms with E-state index in [0.717, 1.165) is 12.8 Å². The Labute approximate surface area is 113 Å². The number of carbonyl (C=O) groups excluding carboxylic acids is 1. The Morgan fingerprint density at radius 2 is 2.11 bits per heavy atom. The second kappa shape index (κ2) is 6.34. The van der Waals surface area contributed by atoms with Crippen LogP contribution in [0, 0.1) is 0 Å². The molecule has 18 heavy (non-hydrogen) atoms. The van der Waals surface area contributed by atoms with Crippen molar-refractivity contribution in [2.45, 2.75) is 57.7 Å². The Morgan fingerprint density at radius 1 is 1.39 bits per heavy atom. The van der Waals surface area contributed by atoms with Crippen LogP contribution in [0.3, 0.4) is 0 Å². The summed E-state index contributed by atoms with van der Waals surface area (Å²) < 4.78 is 0. The van der Waals surface area contributed by atoms with Crippen molar-refractivity contribution in [1.82, 2.24) is 10.6 Å². The lowest BCUT2D eigenvalue weighted by atomic mass is 10.2. The Kier molecular flexibility index (Phi) is 4.78. The maximum atomic E-state index is 12.0. The first-order chi connectivity index (χ1) is 8.66. The molecule has 1 unspecified atom stereocenters. The molecule has 1 amide bonds. The monoisotopic (exact) mass is 266 g/mol. The molecule has 100 valence electrons. The molecule has 0 radical (unpaired) electrons. The number of carbonyl (C=O) groups is 1. The van der Waals surface area contributed by atoms with Gasteiger partial charge in [0.15, 0.2) is 0 Å². The Morgan fingerprint density at radius 3 is 2.72 bits per heavy atom. The smallest absolute Gasteiger partial charge is 0.237 e. The van der Waals surface area contributed by atoms with Gasteiger partial charge < -0.3 is 5.32 Å². The van der Waals surface area contributed by atoms with E-state index >= 15 is 0 Å². The van der Waals surface area contributed by atoms with Crippen LogP contribution in [0.25, 0.3) is 0 Å². The first-order valence-corrected chi connectivity index (χ1v) is 7.64. The molecule has 2 N–H and O–H groups in total. The summed E-state index contributed by atoms with van der Waals surface area (Å²) in [6.07, 6.45) is 4.77. The summed E-state index contributed by atoms with van der Waals surface area (Å²) in [4.78, 5) is 13.3. The zero-order valence-corrected chi connectivity index (χ0v) is 11.9. The van der Waals surface area contributed by atoms with E-state index < -0.39 is 0 Å². The molecule has 3 nitrogen and oxygen atoms in total. The summed E-state index contributed by atoms with van der Waals surface area (Å²) in [6, 6.07) is 4.64. The SMILES string of the molecule is CC(N[C@@H](C)c1cccs1)C(=O)NC1CCCC1. The van der Waals surface area contributed by atoms with Crippen molar-refractivity contribution < 1.29 is 4.79 Å². The van der Waals surface area contributed by atoms with Crippen LogP contribution in [0.15, 0.2) is 17.5 Å². The van der Waals surface area contributed by atoms with Crippen LogP contribution in [-0.2, 0) is 4.79 Å². The number of hydrogen-bond donors (Lipinski definition) is 2. The van der Waals surface area contributed by atoms with Crippen molar-refractivity contribution >= 4 is 17.2 Å². The second-order valence-corrected chi connectivity index (χ2v) is 6.09. The lowest BCUT2D eigenvalue weighted by Crippen LogP contribution is -2.46. The molecule has 1 fully saturated rings. The summed E-state index contributed by atoms with van der Waals surface area (Å²) in [5, 5.41) is 8.55. The van der Waals surface area contributed by atoms with E-state index in [1.165, 1.54) is 17.7 Å². The third-order valence-electron chi connectivity index (χ3n) is 3.56. The molecular formula is C14H22N2OS. The molecule has 0 spiro atoms. The van der Waals surface area contributed by atoms with Gasteiger partial charge in [-0.2, -0.15) is 0 Å². The quantitative estimate of drug-likeness (QED) is 0.860. The lowest BCUT2D eigenvalue weighted by Gasteiger charge is -2.21. The zero-order valence-electron chi connectivity index (χ0n) is 11.1. The van der Waals surface area contributed by atoms with Gasteiger partial charge in [0, 0.05) is 17.0 Å². The fraction of sp³-hybridized carbons (Fsp3) is 0.643. The molecule has 1 heterocycles. The van der Waals surface area contributed by atoms with Crippen molar-refractivity contribution in [3.63, 3.8) is 0 Å². The van der Waals surface area contributed by atoms with Gasteiger partial charge in [0.1, 0.15) is 0 Å². The molecule has 1 aromatic heterocycles. The average molecular weight is 266 g/mol. The normalized spacial score (nSPS) is 19.7. The molecule has 0 aromatic carbocycles. The number of thiophene rings is 1. The molecule has 0 saturated heterocycles. The highest BCUT2D eigenvalue weighted by Gasteiger charge is 2.21. The number of hydrogen-bond acceptors (Lipinski definition) is 3. The van der Waals surface area contributed by atoms with E-state index in [1.807, 2.05) is 13.0 Å². The van der Waals surface area contributed by atoms with Crippen LogP contribution in [-0.4, -0.2) is 18.0 Å². The lowest BCUT2D eigenvalue weighted by molar-refractivity contribution is -0.123. The van der Waals surface area contributed by atoms with E-state index in [0.29, 0.717) is 6.04 Å². The summed E-state index contributed by atoms with van der Waals surface area (Å²) in [6.45, 7) is 4.04. The number of nitrogens with one attached hydrogen (secondary N) is 2. The maximum absolute atomic E-state index is 12.0. The van der Waals surface area contributed by atoms with Gasteiger partial charge in [-0.15, -0.1) is 11.3 Å². The number of amides is 1. The largest absolute Gasteiger partial charge is 0.352 e. The first-order valence-electron chi connectivity index (χ1n) is 6.76. The fourth-order valence-electron chi connectivity index (χ4n) is 2.47. The zero-order chi connectivity index (χ0) is 13.0. The molecule has 1 aliphatic rings. The van der Waals surface area contributed by atoms with Gasteiger partial charge in [-0.3, -0.25) is 10.1 Å². The van der Waals surface area contributed by atoms with Gasteiger partial charge in [-0.25, -0.2) is 0 Å². The summed E-state index contributed by atoms with van der Waals surface area (Å²) in [5.74, 6) is 0.130. The maximum Gasteiger partial charge on any atom is 0.237 e. The average Bonchev–Trinajstić information content (AvgIpc) is 3.01. The summed E-state index contributed by atoms with van der Waals surface area (Å²) >= 11 is 1.72. The molecule has 1 saturated carbocycles. The highest BCUT2D eigenvalue weighted by Crippen LogP contribution is 2.19. The van der Waals surface area contributed by atoms with Gasteiger partial charge in [0.25, 0.3) is 0 Å². The van der Waals surface area contributed by atoms with Crippen molar-refractivity contribution in [3.05, 3.63) is 22.4 Å². The molecule has 4 heteroatoms. The second-order valence-electron chi connectivity index (χ2n) is 5.12. The molecule has 2 rings (SSSR count). The standard InChI is InChI=1S/C14H22N2OS/c1-10(13-8-5-9-18-13)15-11(2)14(17)16-12-6-3-4-7-12/h5,8-12,15H,3-4,6-7H2,1-2H3,(H,16,17)/t10-,11?/m0/s1. The van der Waals surface area contributed by atoms with E-state index in [-0.39, 0.29) is 18.0 Å². The third-order valence-corrected chi connectivity index (χ3v) is 4.62. The molecule has 0 aliphatic heterocycles. The van der Waals surface area contributed by atoms with Crippen LogP contribution in [0.2, 0.25) is 0 Å². The van der Waals surface area contributed by atoms with Crippen molar-refractivity contribution in [3.8, 4) is 0 Å². The predicted octanol–water partition coefficient (Wildman–Crippen LogP) is 2.85. The Bertz CT molecular complexity index is 371. The highest BCUT2D eigenvalue weighted by atomic mass is 32.1. The van der Waals surface area contributed by atoms with E-state index in [2.05, 4.69) is 29.0 Å². The Balaban J connectivity index is 1.79. The van der Waals surface area contributed by atoms with Crippen LogP contribution in [0.4, 0.5) is 0 Å². The van der Waals surface area contributed by atoms with Gasteiger partial charge in [-0.05, 0) is 38.1 Å². The minimum atomic E-state index is -0.136. The van der Waals surface area contributed by atoms with Crippen molar-refractivity contribution in [1.29, 1.82) is 0 Å². The molecule has 0 bridgehead atoms. The highest BCUT2D eigenvalue weighted by molar-refractivity contribution is 7.10. The van der Waals surface area contributed by atoms with E-state index in [9.17, 15) is 4.79 Å². The van der Waals surface area contributed by atoms with Crippen LogP contribution < -0.4 is 10.6 Å². The third kappa shape index (κ3) is 3.56. The minimum Gasteiger partial charge on any atom is -0.352 e. The van der Waals surface area contributed by atoms with Gasteiger partial charge >= 0.3 is 0 Å². The minimum absolute atomic E-state index is 0.130. The van der Waals surface area contributed by atoms with Crippen LogP contribution >= 0.6 is 11.3 Å². The van der Waals surface area contributed by atoms with E-state index in [1.54, 1.807) is 11.3 Å².